The molecule has 0 radical (unpaired) electrons. The Labute approximate surface area is 276 Å². The third-order valence-electron chi connectivity index (χ3n) is 9.56. The van der Waals surface area contributed by atoms with Crippen LogP contribution in [0, 0.1) is 11.8 Å². The van der Waals surface area contributed by atoms with Crippen LogP contribution in [0.15, 0.2) is 48.6 Å². The van der Waals surface area contributed by atoms with E-state index in [1.54, 1.807) is 0 Å². The molecule has 2 heterocycles. The number of hydrogen-bond donors (Lipinski definition) is 0. The summed E-state index contributed by atoms with van der Waals surface area (Å²) in [5.41, 5.74) is 3.30. The van der Waals surface area contributed by atoms with E-state index < -0.39 is 11.9 Å². The highest BCUT2D eigenvalue weighted by atomic mass is 16.7. The van der Waals surface area contributed by atoms with Gasteiger partial charge < -0.3 is 28.4 Å². The normalized spacial score (nSPS) is 24.1. The van der Waals surface area contributed by atoms with Gasteiger partial charge in [0.1, 0.15) is 0 Å². The van der Waals surface area contributed by atoms with Gasteiger partial charge in [-0.05, 0) is 100 Å². The summed E-state index contributed by atoms with van der Waals surface area (Å²) in [6, 6.07) is 9.16. The Kier molecular flexibility index (Phi) is 15.8. The summed E-state index contributed by atoms with van der Waals surface area (Å²) >= 11 is 0. The van der Waals surface area contributed by atoms with Gasteiger partial charge in [0.2, 0.25) is 0 Å². The fourth-order valence-corrected chi connectivity index (χ4v) is 6.54. The zero-order valence-corrected chi connectivity index (χ0v) is 28.0. The van der Waals surface area contributed by atoms with Gasteiger partial charge in [0.05, 0.1) is 37.6 Å². The van der Waals surface area contributed by atoms with Crippen molar-refractivity contribution < 1.29 is 38.0 Å². The lowest BCUT2D eigenvalue weighted by atomic mass is 9.74. The smallest absolute Gasteiger partial charge is 0.335 e. The first kappa shape index (κ1) is 36.3. The minimum atomic E-state index is -0.495. The molecule has 3 fully saturated rings. The summed E-state index contributed by atoms with van der Waals surface area (Å²) < 4.78 is 34.1. The van der Waals surface area contributed by atoms with E-state index in [0.717, 1.165) is 70.6 Å². The lowest BCUT2D eigenvalue weighted by molar-refractivity contribution is -0.162. The summed E-state index contributed by atoms with van der Waals surface area (Å²) in [5, 5.41) is 0. The predicted molar refractivity (Wildman–Crippen MR) is 177 cm³/mol. The van der Waals surface area contributed by atoms with Crippen LogP contribution in [0.2, 0.25) is 0 Å². The molecule has 2 atom stereocenters. The number of benzene rings is 1. The van der Waals surface area contributed by atoms with E-state index in [1.165, 1.54) is 30.4 Å². The van der Waals surface area contributed by atoms with Crippen LogP contribution in [0.25, 0.3) is 0 Å². The van der Waals surface area contributed by atoms with Crippen LogP contribution in [0.1, 0.15) is 107 Å². The molecule has 0 aromatic heterocycles. The minimum absolute atomic E-state index is 0.0657. The maximum absolute atomic E-state index is 12.8. The van der Waals surface area contributed by atoms with E-state index >= 15 is 0 Å². The zero-order chi connectivity index (χ0) is 32.6. The lowest BCUT2D eigenvalue weighted by Crippen LogP contribution is -2.31. The summed E-state index contributed by atoms with van der Waals surface area (Å²) in [6.07, 6.45) is 14.1. The van der Waals surface area contributed by atoms with E-state index in [1.807, 2.05) is 0 Å². The van der Waals surface area contributed by atoms with Crippen molar-refractivity contribution in [3.05, 3.63) is 59.7 Å². The maximum atomic E-state index is 12.8. The molecule has 2 unspecified atom stereocenters. The van der Waals surface area contributed by atoms with Crippen LogP contribution in [0.3, 0.4) is 0 Å². The zero-order valence-electron chi connectivity index (χ0n) is 28.0. The van der Waals surface area contributed by atoms with Gasteiger partial charge in [-0.15, -0.1) is 0 Å². The first-order valence-electron chi connectivity index (χ1n) is 17.7. The average molecular weight is 641 g/mol. The topological polar surface area (TPSA) is 89.5 Å². The van der Waals surface area contributed by atoms with Crippen LogP contribution in [0.4, 0.5) is 0 Å². The van der Waals surface area contributed by atoms with Crippen LogP contribution in [-0.4, -0.2) is 64.2 Å². The van der Waals surface area contributed by atoms with Crippen molar-refractivity contribution in [3.63, 3.8) is 0 Å². The molecule has 2 aliphatic heterocycles. The van der Waals surface area contributed by atoms with Crippen LogP contribution >= 0.6 is 0 Å². The van der Waals surface area contributed by atoms with Gasteiger partial charge >= 0.3 is 11.9 Å². The molecule has 8 nitrogen and oxygen atoms in total. The van der Waals surface area contributed by atoms with Gasteiger partial charge in [0, 0.05) is 19.1 Å². The van der Waals surface area contributed by atoms with E-state index in [2.05, 4.69) is 44.3 Å². The Morgan fingerprint density at radius 3 is 1.78 bits per heavy atom. The molecule has 3 aliphatic rings. The maximum Gasteiger partial charge on any atom is 0.335 e. The SMILES string of the molecule is C=C(COC1CCCCO1)C(=O)OCC(COC(=O)C(=C)COC1CCCCO1)C1CCC(c2ccc(CCCCC)cc2)CC1. The molecular weight excluding hydrogens is 584 g/mol. The van der Waals surface area contributed by atoms with Gasteiger partial charge in [-0.1, -0.05) is 57.2 Å². The second-order valence-electron chi connectivity index (χ2n) is 13.2. The average Bonchev–Trinajstić information content (AvgIpc) is 3.10. The minimum Gasteiger partial charge on any atom is -0.462 e. The fourth-order valence-electron chi connectivity index (χ4n) is 6.54. The molecule has 1 aromatic carbocycles. The fraction of sp³-hybridized carbons (Fsp3) is 0.684. The lowest BCUT2D eigenvalue weighted by Gasteiger charge is -2.34. The highest BCUT2D eigenvalue weighted by molar-refractivity contribution is 5.88. The molecule has 0 N–H and O–H groups in total. The quantitative estimate of drug-likeness (QED) is 0.0921. The van der Waals surface area contributed by atoms with Crippen molar-refractivity contribution >= 4 is 11.9 Å². The van der Waals surface area contributed by atoms with E-state index in [0.29, 0.717) is 19.1 Å². The van der Waals surface area contributed by atoms with Crippen LogP contribution in [0.5, 0.6) is 0 Å². The molecule has 1 saturated carbocycles. The standard InChI is InChI=1S/C38H56O8/c1-4-5-6-11-30-14-16-31(17-15-30)32-18-20-33(21-19-32)34(26-45-37(39)28(2)24-43-35-12-7-9-22-41-35)27-46-38(40)29(3)25-44-36-13-8-10-23-42-36/h14-17,32-36H,2-13,18-27H2,1H3. The first-order chi connectivity index (χ1) is 22.4. The van der Waals surface area contributed by atoms with Gasteiger partial charge in [0.25, 0.3) is 0 Å². The summed E-state index contributed by atoms with van der Waals surface area (Å²) in [7, 11) is 0. The molecule has 8 heteroatoms. The number of esters is 2. The Morgan fingerprint density at radius 1 is 0.761 bits per heavy atom. The molecule has 2 saturated heterocycles. The molecule has 46 heavy (non-hydrogen) atoms. The van der Waals surface area contributed by atoms with Crippen molar-refractivity contribution in [2.24, 2.45) is 11.8 Å². The highest BCUT2D eigenvalue weighted by Crippen LogP contribution is 2.39. The number of hydrogen-bond acceptors (Lipinski definition) is 8. The monoisotopic (exact) mass is 640 g/mol. The van der Waals surface area contributed by atoms with Crippen molar-refractivity contribution in [2.75, 3.05) is 39.6 Å². The van der Waals surface area contributed by atoms with Crippen LogP contribution in [-0.2, 0) is 44.4 Å². The first-order valence-corrected chi connectivity index (χ1v) is 17.7. The Bertz CT molecular complexity index is 1030. The second-order valence-corrected chi connectivity index (χ2v) is 13.2. The number of unbranched alkanes of at least 4 members (excludes halogenated alkanes) is 2. The number of aryl methyl sites for hydroxylation is 1. The molecule has 0 amide bonds. The van der Waals surface area contributed by atoms with Crippen molar-refractivity contribution in [3.8, 4) is 0 Å². The Hall–Kier alpha value is -2.52. The van der Waals surface area contributed by atoms with E-state index in [-0.39, 0.29) is 62.0 Å². The Balaban J connectivity index is 1.28. The second kappa shape index (κ2) is 20.0. The molecule has 0 bridgehead atoms. The largest absolute Gasteiger partial charge is 0.462 e. The highest BCUT2D eigenvalue weighted by Gasteiger charge is 2.31. The van der Waals surface area contributed by atoms with Crippen LogP contribution < -0.4 is 0 Å². The third kappa shape index (κ3) is 12.3. The van der Waals surface area contributed by atoms with Gasteiger partial charge in [0.15, 0.2) is 12.6 Å². The van der Waals surface area contributed by atoms with Crippen molar-refractivity contribution in [1.29, 1.82) is 0 Å². The molecule has 0 spiro atoms. The van der Waals surface area contributed by atoms with Crippen molar-refractivity contribution in [2.45, 2.75) is 115 Å². The van der Waals surface area contributed by atoms with Crippen molar-refractivity contribution in [1.82, 2.24) is 0 Å². The molecular formula is C38H56O8. The number of carbonyl (C=O) groups excluding carboxylic acids is 2. The van der Waals surface area contributed by atoms with E-state index in [4.69, 9.17) is 28.4 Å². The molecule has 1 aromatic rings. The van der Waals surface area contributed by atoms with Gasteiger partial charge in [-0.3, -0.25) is 0 Å². The predicted octanol–water partition coefficient (Wildman–Crippen LogP) is 7.59. The number of carbonyl (C=O) groups is 2. The molecule has 4 rings (SSSR count). The molecule has 256 valence electrons. The number of ether oxygens (including phenoxy) is 6. The summed E-state index contributed by atoms with van der Waals surface area (Å²) in [5.74, 6) is -0.370. The number of rotatable bonds is 18. The Morgan fingerprint density at radius 2 is 1.30 bits per heavy atom. The third-order valence-corrected chi connectivity index (χ3v) is 9.56. The molecule has 1 aliphatic carbocycles. The van der Waals surface area contributed by atoms with Gasteiger partial charge in [-0.25, -0.2) is 9.59 Å². The van der Waals surface area contributed by atoms with E-state index in [9.17, 15) is 9.59 Å². The van der Waals surface area contributed by atoms with Gasteiger partial charge in [-0.2, -0.15) is 0 Å². The summed E-state index contributed by atoms with van der Waals surface area (Å²) in [6.45, 7) is 11.8. The summed E-state index contributed by atoms with van der Waals surface area (Å²) in [4.78, 5) is 25.7.